The standard InChI is InChI=1S/2C6H11.C6H5.Sn/c3*1-2-4-6-5-3-1;/h2*1H,2-6H2;1-5H;/q;;;+1. The predicted molar refractivity (Wildman–Crippen MR) is 85.5 cm³/mol. The van der Waals surface area contributed by atoms with Crippen molar-refractivity contribution in [3.63, 3.8) is 0 Å². The summed E-state index contributed by atoms with van der Waals surface area (Å²) in [4.78, 5) is 0. The Morgan fingerprint density at radius 2 is 1.11 bits per heavy atom. The second-order valence-electron chi connectivity index (χ2n) is 6.49. The Morgan fingerprint density at radius 3 is 1.58 bits per heavy atom. The van der Waals surface area contributed by atoms with Gasteiger partial charge >= 0.3 is 126 Å². The van der Waals surface area contributed by atoms with Gasteiger partial charge in [0.1, 0.15) is 0 Å². The van der Waals surface area contributed by atoms with E-state index in [1.54, 1.807) is 25.7 Å². The van der Waals surface area contributed by atoms with Crippen LogP contribution < -0.4 is 3.58 Å². The van der Waals surface area contributed by atoms with Gasteiger partial charge in [-0.05, 0) is 0 Å². The first kappa shape index (κ1) is 14.0. The molecule has 2 aliphatic carbocycles. The molecule has 0 amide bonds. The topological polar surface area (TPSA) is 0 Å². The summed E-state index contributed by atoms with van der Waals surface area (Å²) in [5.41, 5.74) is 0. The van der Waals surface area contributed by atoms with Crippen LogP contribution in [-0.2, 0) is 0 Å². The average molecular weight is 362 g/mol. The molecule has 0 nitrogen and oxygen atoms in total. The van der Waals surface area contributed by atoms with Crippen LogP contribution in [0, 0.1) is 0 Å². The van der Waals surface area contributed by atoms with Gasteiger partial charge in [-0.2, -0.15) is 0 Å². The van der Waals surface area contributed by atoms with E-state index in [0.29, 0.717) is 0 Å². The zero-order valence-corrected chi connectivity index (χ0v) is 15.0. The van der Waals surface area contributed by atoms with Crippen LogP contribution in [-0.4, -0.2) is 19.8 Å². The maximum absolute atomic E-state index is 2.48. The summed E-state index contributed by atoms with van der Waals surface area (Å²) in [5, 5.41) is 0. The molecule has 0 aliphatic heterocycles. The minimum atomic E-state index is -1.43. The van der Waals surface area contributed by atoms with Crippen molar-refractivity contribution in [1.82, 2.24) is 0 Å². The maximum atomic E-state index is 2.48. The van der Waals surface area contributed by atoms with Gasteiger partial charge in [0.15, 0.2) is 0 Å². The summed E-state index contributed by atoms with van der Waals surface area (Å²) < 4.78 is 4.17. The molecule has 102 valence electrons. The molecule has 2 aliphatic rings. The molecular formula is C18H27Sn+. The third kappa shape index (κ3) is 3.56. The van der Waals surface area contributed by atoms with Crippen molar-refractivity contribution in [2.24, 2.45) is 0 Å². The van der Waals surface area contributed by atoms with E-state index in [1.807, 2.05) is 3.58 Å². The predicted octanol–water partition coefficient (Wildman–Crippen LogP) is 5.06. The fourth-order valence-electron chi connectivity index (χ4n) is 4.26. The second kappa shape index (κ2) is 7.15. The first-order valence-corrected chi connectivity index (χ1v) is 13.1. The summed E-state index contributed by atoms with van der Waals surface area (Å²) >= 11 is -1.43. The molecule has 0 radical (unpaired) electrons. The Balaban J connectivity index is 1.81. The van der Waals surface area contributed by atoms with E-state index in [4.69, 9.17) is 0 Å². The van der Waals surface area contributed by atoms with Gasteiger partial charge in [-0.3, -0.25) is 0 Å². The Morgan fingerprint density at radius 1 is 0.632 bits per heavy atom. The van der Waals surface area contributed by atoms with Crippen LogP contribution >= 0.6 is 0 Å². The molecule has 0 aromatic heterocycles. The molecule has 1 aromatic rings. The van der Waals surface area contributed by atoms with Crippen LogP contribution in [0.3, 0.4) is 0 Å². The van der Waals surface area contributed by atoms with Crippen LogP contribution in [0.25, 0.3) is 0 Å². The van der Waals surface area contributed by atoms with Gasteiger partial charge in [0, 0.05) is 0 Å². The molecule has 1 heteroatoms. The zero-order valence-electron chi connectivity index (χ0n) is 12.1. The molecule has 19 heavy (non-hydrogen) atoms. The number of hydrogen-bond donors (Lipinski definition) is 0. The van der Waals surface area contributed by atoms with E-state index in [2.05, 4.69) is 30.3 Å². The fraction of sp³-hybridized carbons (Fsp3) is 0.667. The Labute approximate surface area is 125 Å². The molecule has 1 aromatic carbocycles. The van der Waals surface area contributed by atoms with Gasteiger partial charge < -0.3 is 0 Å². The van der Waals surface area contributed by atoms with Crippen molar-refractivity contribution >= 4 is 23.3 Å². The Hall–Kier alpha value is 0.0187. The van der Waals surface area contributed by atoms with Crippen LogP contribution in [0.1, 0.15) is 64.2 Å². The van der Waals surface area contributed by atoms with Crippen molar-refractivity contribution in [2.45, 2.75) is 72.1 Å². The second-order valence-corrected chi connectivity index (χ2v) is 15.4. The Kier molecular flexibility index (Phi) is 5.26. The van der Waals surface area contributed by atoms with E-state index >= 15 is 0 Å². The van der Waals surface area contributed by atoms with Crippen molar-refractivity contribution in [2.75, 3.05) is 0 Å². The molecule has 0 spiro atoms. The molecule has 0 N–H and O–H groups in total. The van der Waals surface area contributed by atoms with Crippen molar-refractivity contribution in [1.29, 1.82) is 0 Å². The molecule has 0 unspecified atom stereocenters. The van der Waals surface area contributed by atoms with Crippen LogP contribution in [0.2, 0.25) is 7.87 Å². The normalized spacial score (nSPS) is 22.3. The third-order valence-electron chi connectivity index (χ3n) is 5.20. The van der Waals surface area contributed by atoms with E-state index in [0.717, 1.165) is 0 Å². The third-order valence-corrected chi connectivity index (χ3v) is 16.4. The monoisotopic (exact) mass is 363 g/mol. The molecule has 3 rings (SSSR count). The first-order chi connectivity index (χ1) is 9.45. The summed E-state index contributed by atoms with van der Waals surface area (Å²) in [6, 6.07) is 11.8. The van der Waals surface area contributed by atoms with Crippen molar-refractivity contribution < 1.29 is 0 Å². The van der Waals surface area contributed by atoms with Gasteiger partial charge in [-0.15, -0.1) is 0 Å². The quantitative estimate of drug-likeness (QED) is 0.660. The van der Waals surface area contributed by atoms with Crippen molar-refractivity contribution in [3.8, 4) is 0 Å². The summed E-state index contributed by atoms with van der Waals surface area (Å²) in [7, 11) is 0. The average Bonchev–Trinajstić information content (AvgIpc) is 2.51. The fourth-order valence-corrected chi connectivity index (χ4v) is 16.4. The zero-order chi connectivity index (χ0) is 12.9. The molecule has 0 saturated heterocycles. The molecule has 0 bridgehead atoms. The number of rotatable bonds is 3. The minimum absolute atomic E-state index is 1.17. The molecule has 2 saturated carbocycles. The van der Waals surface area contributed by atoms with Gasteiger partial charge in [-0.1, -0.05) is 0 Å². The van der Waals surface area contributed by atoms with E-state index in [-0.39, 0.29) is 0 Å². The first-order valence-electron chi connectivity index (χ1n) is 8.37. The van der Waals surface area contributed by atoms with E-state index in [9.17, 15) is 0 Å². The van der Waals surface area contributed by atoms with Gasteiger partial charge in [-0.25, -0.2) is 0 Å². The molecule has 0 atom stereocenters. The van der Waals surface area contributed by atoms with Crippen LogP contribution in [0.4, 0.5) is 0 Å². The van der Waals surface area contributed by atoms with E-state index < -0.39 is 19.8 Å². The molecular weight excluding hydrogens is 335 g/mol. The van der Waals surface area contributed by atoms with Gasteiger partial charge in [0.25, 0.3) is 0 Å². The van der Waals surface area contributed by atoms with Gasteiger partial charge in [0.2, 0.25) is 0 Å². The molecule has 0 heterocycles. The summed E-state index contributed by atoms with van der Waals surface area (Å²) in [5.74, 6) is 0. The number of benzene rings is 1. The van der Waals surface area contributed by atoms with E-state index in [1.165, 1.54) is 46.4 Å². The van der Waals surface area contributed by atoms with Gasteiger partial charge in [0.05, 0.1) is 0 Å². The van der Waals surface area contributed by atoms with Crippen LogP contribution in [0.5, 0.6) is 0 Å². The Bertz CT molecular complexity index is 343. The summed E-state index contributed by atoms with van der Waals surface area (Å²) in [6.07, 6.45) is 15.4. The van der Waals surface area contributed by atoms with Crippen molar-refractivity contribution in [3.05, 3.63) is 30.3 Å². The SMILES string of the molecule is c1cc[c]([Sn+]([CH]2CCCCC2)[CH]2CCCCC2)cc1. The number of hydrogen-bond acceptors (Lipinski definition) is 0. The molecule has 2 fully saturated rings. The summed E-state index contributed by atoms with van der Waals surface area (Å²) in [6.45, 7) is 0. The van der Waals surface area contributed by atoms with Crippen LogP contribution in [0.15, 0.2) is 30.3 Å².